The highest BCUT2D eigenvalue weighted by molar-refractivity contribution is 5.99. The second-order valence-electron chi connectivity index (χ2n) is 8.05. The Morgan fingerprint density at radius 3 is 2.72 bits per heavy atom. The number of carbonyl (C=O) groups is 1. The normalized spacial score (nSPS) is 13.2. The number of H-pyrrole nitrogens is 1. The predicted molar refractivity (Wildman–Crippen MR) is 127 cm³/mol. The molecule has 160 valence electrons. The van der Waals surface area contributed by atoms with Crippen LogP contribution in [0.25, 0.3) is 10.9 Å². The number of ether oxygens (including phenoxy) is 1. The van der Waals surface area contributed by atoms with E-state index in [4.69, 9.17) is 4.74 Å². The molecule has 5 heteroatoms. The van der Waals surface area contributed by atoms with Crippen LogP contribution in [-0.2, 0) is 19.4 Å². The lowest BCUT2D eigenvalue weighted by Crippen LogP contribution is -2.17. The number of fused-ring (bicyclic) bond motifs is 3. The summed E-state index contributed by atoms with van der Waals surface area (Å²) >= 11 is 0. The van der Waals surface area contributed by atoms with E-state index in [0.29, 0.717) is 12.2 Å². The molecule has 0 spiro atoms. The SMILES string of the molecule is O=C(N/N=C\c1ccccc1COc1ccccc1)c1ccc2[nH]c3c(c2c1)CCCC3. The summed E-state index contributed by atoms with van der Waals surface area (Å²) in [5, 5.41) is 5.35. The number of para-hydroxylation sites is 1. The summed E-state index contributed by atoms with van der Waals surface area (Å²) in [5.41, 5.74) is 8.95. The van der Waals surface area contributed by atoms with Crippen LogP contribution in [0.4, 0.5) is 0 Å². The van der Waals surface area contributed by atoms with Crippen LogP contribution in [0.3, 0.4) is 0 Å². The smallest absolute Gasteiger partial charge is 0.271 e. The molecule has 1 aliphatic carbocycles. The molecule has 2 N–H and O–H groups in total. The molecule has 0 aliphatic heterocycles. The first-order chi connectivity index (χ1) is 15.8. The van der Waals surface area contributed by atoms with E-state index < -0.39 is 0 Å². The highest BCUT2D eigenvalue weighted by atomic mass is 16.5. The Bertz CT molecular complexity index is 1270. The zero-order valence-corrected chi connectivity index (χ0v) is 17.8. The van der Waals surface area contributed by atoms with Gasteiger partial charge in [0.2, 0.25) is 0 Å². The van der Waals surface area contributed by atoms with E-state index in [1.54, 1.807) is 6.21 Å². The topological polar surface area (TPSA) is 66.5 Å². The van der Waals surface area contributed by atoms with Crippen LogP contribution in [0.1, 0.15) is 45.6 Å². The van der Waals surface area contributed by atoms with Gasteiger partial charge in [-0.3, -0.25) is 4.79 Å². The molecule has 32 heavy (non-hydrogen) atoms. The molecule has 0 saturated heterocycles. The van der Waals surface area contributed by atoms with Gasteiger partial charge >= 0.3 is 0 Å². The molecule has 0 atom stereocenters. The molecule has 1 aliphatic rings. The van der Waals surface area contributed by atoms with Gasteiger partial charge in [-0.15, -0.1) is 0 Å². The zero-order chi connectivity index (χ0) is 21.8. The molecule has 0 fully saturated rings. The summed E-state index contributed by atoms with van der Waals surface area (Å²) in [5.74, 6) is 0.599. The van der Waals surface area contributed by atoms with Gasteiger partial charge in [0.05, 0.1) is 6.21 Å². The number of nitrogens with one attached hydrogen (secondary N) is 2. The van der Waals surface area contributed by atoms with E-state index in [-0.39, 0.29) is 5.91 Å². The lowest BCUT2D eigenvalue weighted by atomic mass is 9.95. The van der Waals surface area contributed by atoms with Gasteiger partial charge in [0.15, 0.2) is 0 Å². The second kappa shape index (κ2) is 9.10. The lowest BCUT2D eigenvalue weighted by Gasteiger charge is -2.10. The monoisotopic (exact) mass is 423 g/mol. The van der Waals surface area contributed by atoms with E-state index in [1.807, 2.05) is 72.8 Å². The van der Waals surface area contributed by atoms with Crippen LogP contribution in [0.5, 0.6) is 5.75 Å². The number of aromatic amines is 1. The van der Waals surface area contributed by atoms with Crippen molar-refractivity contribution in [3.8, 4) is 5.75 Å². The average molecular weight is 424 g/mol. The van der Waals surface area contributed by atoms with Crippen LogP contribution in [0.2, 0.25) is 0 Å². The first-order valence-corrected chi connectivity index (χ1v) is 11.0. The number of hydrogen-bond acceptors (Lipinski definition) is 3. The Kier molecular flexibility index (Phi) is 5.71. The maximum absolute atomic E-state index is 12.7. The van der Waals surface area contributed by atoms with Crippen molar-refractivity contribution in [2.45, 2.75) is 32.3 Å². The number of benzene rings is 3. The fourth-order valence-corrected chi connectivity index (χ4v) is 4.24. The minimum absolute atomic E-state index is 0.216. The molecular formula is C27H25N3O2. The fourth-order valence-electron chi connectivity index (χ4n) is 4.24. The maximum Gasteiger partial charge on any atom is 0.271 e. The Balaban J connectivity index is 1.27. The molecule has 0 radical (unpaired) electrons. The number of rotatable bonds is 6. The molecule has 4 aromatic rings. The van der Waals surface area contributed by atoms with E-state index in [2.05, 4.69) is 15.5 Å². The molecule has 1 heterocycles. The summed E-state index contributed by atoms with van der Waals surface area (Å²) in [7, 11) is 0. The van der Waals surface area contributed by atoms with Gasteiger partial charge in [0.1, 0.15) is 12.4 Å². The van der Waals surface area contributed by atoms with Crippen molar-refractivity contribution in [3.63, 3.8) is 0 Å². The van der Waals surface area contributed by atoms with Crippen LogP contribution in [0, 0.1) is 0 Å². The van der Waals surface area contributed by atoms with E-state index in [9.17, 15) is 4.79 Å². The average Bonchev–Trinajstić information content (AvgIpc) is 3.22. The van der Waals surface area contributed by atoms with Gasteiger partial charge in [-0.05, 0) is 67.1 Å². The van der Waals surface area contributed by atoms with Crippen LogP contribution >= 0.6 is 0 Å². The van der Waals surface area contributed by atoms with Crippen molar-refractivity contribution in [2.24, 2.45) is 5.10 Å². The Morgan fingerprint density at radius 2 is 1.81 bits per heavy atom. The van der Waals surface area contributed by atoms with Crippen molar-refractivity contribution >= 4 is 23.0 Å². The molecule has 0 bridgehead atoms. The van der Waals surface area contributed by atoms with Gasteiger partial charge in [0, 0.05) is 27.7 Å². The summed E-state index contributed by atoms with van der Waals surface area (Å²) in [6.07, 6.45) is 6.25. The number of nitrogens with zero attached hydrogens (tertiary/aromatic N) is 1. The summed E-state index contributed by atoms with van der Waals surface area (Å²) in [4.78, 5) is 16.2. The summed E-state index contributed by atoms with van der Waals surface area (Å²) in [6.45, 7) is 0.426. The van der Waals surface area contributed by atoms with Crippen molar-refractivity contribution in [1.29, 1.82) is 0 Å². The van der Waals surface area contributed by atoms with E-state index in [0.717, 1.165) is 40.6 Å². The Labute approximate surface area is 187 Å². The molecule has 5 nitrogen and oxygen atoms in total. The highest BCUT2D eigenvalue weighted by Gasteiger charge is 2.16. The first kappa shape index (κ1) is 20.1. The third kappa shape index (κ3) is 4.28. The molecule has 5 rings (SSSR count). The van der Waals surface area contributed by atoms with Gasteiger partial charge in [0.25, 0.3) is 5.91 Å². The minimum atomic E-state index is -0.216. The third-order valence-electron chi connectivity index (χ3n) is 5.92. The van der Waals surface area contributed by atoms with Gasteiger partial charge in [-0.25, -0.2) is 5.43 Å². The van der Waals surface area contributed by atoms with Gasteiger partial charge < -0.3 is 9.72 Å². The minimum Gasteiger partial charge on any atom is -0.489 e. The number of carbonyl (C=O) groups excluding carboxylic acids is 1. The number of hydrogen-bond donors (Lipinski definition) is 2. The Hall–Kier alpha value is -3.86. The van der Waals surface area contributed by atoms with Crippen molar-refractivity contribution in [3.05, 3.63) is 101 Å². The van der Waals surface area contributed by atoms with Crippen molar-refractivity contribution < 1.29 is 9.53 Å². The van der Waals surface area contributed by atoms with Crippen molar-refractivity contribution in [1.82, 2.24) is 10.4 Å². The van der Waals surface area contributed by atoms with Gasteiger partial charge in [-0.2, -0.15) is 5.10 Å². The van der Waals surface area contributed by atoms with Gasteiger partial charge in [-0.1, -0.05) is 42.5 Å². The van der Waals surface area contributed by atoms with E-state index in [1.165, 1.54) is 24.1 Å². The Morgan fingerprint density at radius 1 is 1.00 bits per heavy atom. The molecule has 0 saturated carbocycles. The zero-order valence-electron chi connectivity index (χ0n) is 17.8. The maximum atomic E-state index is 12.7. The molecular weight excluding hydrogens is 398 g/mol. The quantitative estimate of drug-likeness (QED) is 0.323. The number of aryl methyl sites for hydroxylation is 2. The predicted octanol–water partition coefficient (Wildman–Crippen LogP) is 5.39. The summed E-state index contributed by atoms with van der Waals surface area (Å²) < 4.78 is 5.86. The number of aromatic nitrogens is 1. The lowest BCUT2D eigenvalue weighted by molar-refractivity contribution is 0.0955. The third-order valence-corrected chi connectivity index (χ3v) is 5.92. The van der Waals surface area contributed by atoms with Crippen LogP contribution in [-0.4, -0.2) is 17.1 Å². The molecule has 1 amide bonds. The first-order valence-electron chi connectivity index (χ1n) is 11.0. The van der Waals surface area contributed by atoms with Crippen LogP contribution < -0.4 is 10.2 Å². The molecule has 3 aromatic carbocycles. The second-order valence-corrected chi connectivity index (χ2v) is 8.05. The highest BCUT2D eigenvalue weighted by Crippen LogP contribution is 2.29. The standard InChI is InChI=1S/C27H25N3O2/c31-27(19-14-15-26-24(16-19)23-12-6-7-13-25(23)29-26)30-28-17-20-8-4-5-9-21(20)18-32-22-10-2-1-3-11-22/h1-5,8-11,14-17,29H,6-7,12-13,18H2,(H,30,31)/b28-17-. The summed E-state index contributed by atoms with van der Waals surface area (Å²) in [6, 6.07) is 23.4. The van der Waals surface area contributed by atoms with Crippen LogP contribution in [0.15, 0.2) is 77.9 Å². The number of amides is 1. The molecule has 1 aromatic heterocycles. The number of hydrazone groups is 1. The van der Waals surface area contributed by atoms with Crippen molar-refractivity contribution in [2.75, 3.05) is 0 Å². The molecule has 0 unspecified atom stereocenters. The van der Waals surface area contributed by atoms with E-state index >= 15 is 0 Å². The largest absolute Gasteiger partial charge is 0.489 e. The fraction of sp³-hybridized carbons (Fsp3) is 0.185.